The predicted octanol–water partition coefficient (Wildman–Crippen LogP) is 3.95. The number of primary amides is 1. The number of benzene rings is 2. The predicted molar refractivity (Wildman–Crippen MR) is 124 cm³/mol. The van der Waals surface area contributed by atoms with Crippen molar-refractivity contribution in [2.45, 2.75) is 25.7 Å². The molecule has 2 amide bonds. The van der Waals surface area contributed by atoms with Gasteiger partial charge in [0.1, 0.15) is 17.1 Å². The Kier molecular flexibility index (Phi) is 5.34. The van der Waals surface area contributed by atoms with Crippen LogP contribution >= 0.6 is 0 Å². The fraction of sp³-hybridized carbons (Fsp3) is 0.240. The fourth-order valence-electron chi connectivity index (χ4n) is 4.49. The van der Waals surface area contributed by atoms with Gasteiger partial charge < -0.3 is 20.4 Å². The Morgan fingerprint density at radius 2 is 1.70 bits per heavy atom. The van der Waals surface area contributed by atoms with Crippen molar-refractivity contribution in [1.29, 1.82) is 0 Å². The molecule has 3 heterocycles. The number of fused-ring (bicyclic) bond motifs is 1. The number of para-hydroxylation sites is 1. The maximum absolute atomic E-state index is 12.4. The number of carbonyl (C=O) groups excluding carboxylic acids is 2. The van der Waals surface area contributed by atoms with Crippen LogP contribution in [-0.4, -0.2) is 44.4 Å². The normalized spacial score (nSPS) is 14.5. The molecule has 8 heteroatoms. The summed E-state index contributed by atoms with van der Waals surface area (Å²) in [7, 11) is 0. The van der Waals surface area contributed by atoms with Gasteiger partial charge in [-0.1, -0.05) is 18.2 Å². The van der Waals surface area contributed by atoms with Crippen LogP contribution in [-0.2, 0) is 4.79 Å². The molecule has 0 radical (unpaired) electrons. The van der Waals surface area contributed by atoms with Crippen molar-refractivity contribution in [3.63, 3.8) is 0 Å². The second-order valence-electron chi connectivity index (χ2n) is 8.29. The summed E-state index contributed by atoms with van der Waals surface area (Å²) in [5.74, 6) is 1.25. The molecule has 0 unspecified atom stereocenters. The van der Waals surface area contributed by atoms with E-state index in [0.29, 0.717) is 17.1 Å². The second-order valence-corrected chi connectivity index (χ2v) is 8.29. The van der Waals surface area contributed by atoms with Crippen LogP contribution in [0.4, 0.5) is 0 Å². The van der Waals surface area contributed by atoms with Crippen molar-refractivity contribution in [2.75, 3.05) is 13.1 Å². The molecule has 0 atom stereocenters. The lowest BCUT2D eigenvalue weighted by Gasteiger charge is -2.30. The lowest BCUT2D eigenvalue weighted by Crippen LogP contribution is -2.36. The van der Waals surface area contributed by atoms with Crippen molar-refractivity contribution >= 4 is 17.5 Å². The molecule has 1 aliphatic rings. The number of likely N-dealkylation sites (tertiary alicyclic amines) is 1. The van der Waals surface area contributed by atoms with Gasteiger partial charge in [-0.2, -0.15) is 5.10 Å². The smallest absolute Gasteiger partial charge is 0.269 e. The number of nitrogens with zero attached hydrogens (tertiary/aromatic N) is 3. The Balaban J connectivity index is 1.45. The number of aromatic amines is 1. The van der Waals surface area contributed by atoms with Gasteiger partial charge >= 0.3 is 0 Å². The molecule has 0 saturated carbocycles. The average molecular weight is 444 g/mol. The number of hydrogen-bond donors (Lipinski definition) is 2. The number of piperidine rings is 1. The van der Waals surface area contributed by atoms with Crippen molar-refractivity contribution < 1.29 is 14.3 Å². The minimum absolute atomic E-state index is 0.103. The van der Waals surface area contributed by atoms with Crippen LogP contribution in [0.1, 0.15) is 41.7 Å². The van der Waals surface area contributed by atoms with Crippen molar-refractivity contribution in [1.82, 2.24) is 19.5 Å². The SMILES string of the molecule is CC(=O)N1CCC(c2cnn3c(C(N)=O)c(-c4ccc(Oc5ccccc5)cc4)[nH]c23)CC1. The molecule has 5 rings (SSSR count). The summed E-state index contributed by atoms with van der Waals surface area (Å²) >= 11 is 0. The number of carbonyl (C=O) groups is 2. The summed E-state index contributed by atoms with van der Waals surface area (Å²) < 4.78 is 7.46. The largest absolute Gasteiger partial charge is 0.457 e. The number of imidazole rings is 1. The van der Waals surface area contributed by atoms with Crippen LogP contribution in [0, 0.1) is 0 Å². The van der Waals surface area contributed by atoms with Crippen molar-refractivity contribution in [2.24, 2.45) is 5.73 Å². The van der Waals surface area contributed by atoms with E-state index < -0.39 is 5.91 Å². The topological polar surface area (TPSA) is 106 Å². The Bertz CT molecular complexity index is 1300. The molecule has 33 heavy (non-hydrogen) atoms. The molecule has 0 spiro atoms. The molecule has 1 saturated heterocycles. The van der Waals surface area contributed by atoms with Gasteiger partial charge in [0.25, 0.3) is 5.91 Å². The number of amides is 2. The van der Waals surface area contributed by atoms with E-state index in [-0.39, 0.29) is 11.8 Å². The summed E-state index contributed by atoms with van der Waals surface area (Å²) in [4.78, 5) is 29.3. The monoisotopic (exact) mass is 443 g/mol. The molecule has 168 valence electrons. The zero-order valence-electron chi connectivity index (χ0n) is 18.3. The van der Waals surface area contributed by atoms with Gasteiger partial charge in [-0.05, 0) is 55.2 Å². The van der Waals surface area contributed by atoms with Gasteiger partial charge in [0.05, 0.1) is 11.9 Å². The van der Waals surface area contributed by atoms with Crippen molar-refractivity contribution in [3.8, 4) is 22.8 Å². The number of nitrogens with two attached hydrogens (primary N) is 1. The van der Waals surface area contributed by atoms with Crippen LogP contribution < -0.4 is 10.5 Å². The highest BCUT2D eigenvalue weighted by molar-refractivity contribution is 5.98. The summed E-state index contributed by atoms with van der Waals surface area (Å²) in [6, 6.07) is 17.0. The molecule has 2 aromatic heterocycles. The van der Waals surface area contributed by atoms with E-state index >= 15 is 0 Å². The molecule has 8 nitrogen and oxygen atoms in total. The molecule has 3 N–H and O–H groups in total. The molecular formula is C25H25N5O3. The quantitative estimate of drug-likeness (QED) is 0.487. The van der Waals surface area contributed by atoms with Gasteiger partial charge in [-0.15, -0.1) is 0 Å². The van der Waals surface area contributed by atoms with Crippen LogP contribution in [0.15, 0.2) is 60.8 Å². The zero-order valence-corrected chi connectivity index (χ0v) is 18.3. The van der Waals surface area contributed by atoms with E-state index in [0.717, 1.165) is 48.5 Å². The lowest BCUT2D eigenvalue weighted by molar-refractivity contribution is -0.129. The Morgan fingerprint density at radius 3 is 2.33 bits per heavy atom. The van der Waals surface area contributed by atoms with E-state index in [1.54, 1.807) is 17.6 Å². The average Bonchev–Trinajstić information content (AvgIpc) is 3.40. The maximum Gasteiger partial charge on any atom is 0.269 e. The molecule has 1 fully saturated rings. The summed E-state index contributed by atoms with van der Waals surface area (Å²) in [5.41, 5.74) is 9.30. The number of ether oxygens (including phenoxy) is 1. The second kappa shape index (κ2) is 8.46. The first kappa shape index (κ1) is 20.8. The van der Waals surface area contributed by atoms with Gasteiger partial charge in [0.2, 0.25) is 5.91 Å². The molecular weight excluding hydrogens is 418 g/mol. The first-order valence-corrected chi connectivity index (χ1v) is 11.0. The van der Waals surface area contributed by atoms with E-state index in [4.69, 9.17) is 10.5 Å². The first-order valence-electron chi connectivity index (χ1n) is 11.0. The minimum Gasteiger partial charge on any atom is -0.457 e. The van der Waals surface area contributed by atoms with Crippen LogP contribution in [0.3, 0.4) is 0 Å². The summed E-state index contributed by atoms with van der Waals surface area (Å²) in [6.45, 7) is 3.04. The van der Waals surface area contributed by atoms with Gasteiger partial charge in [-0.25, -0.2) is 4.52 Å². The van der Waals surface area contributed by atoms with Crippen LogP contribution in [0.5, 0.6) is 11.5 Å². The van der Waals surface area contributed by atoms with Gasteiger partial charge in [-0.3, -0.25) is 9.59 Å². The number of aromatic nitrogens is 3. The minimum atomic E-state index is -0.554. The number of nitrogens with one attached hydrogen (secondary N) is 1. The molecule has 0 aliphatic carbocycles. The third-order valence-electron chi connectivity index (χ3n) is 6.22. The van der Waals surface area contributed by atoms with Crippen molar-refractivity contribution in [3.05, 3.63) is 72.1 Å². The Hall–Kier alpha value is -4.07. The van der Waals surface area contributed by atoms with E-state index in [2.05, 4.69) is 10.1 Å². The van der Waals surface area contributed by atoms with E-state index in [1.807, 2.05) is 59.5 Å². The summed E-state index contributed by atoms with van der Waals surface area (Å²) in [5, 5.41) is 4.47. The third-order valence-corrected chi connectivity index (χ3v) is 6.22. The zero-order chi connectivity index (χ0) is 22.9. The first-order chi connectivity index (χ1) is 16.0. The highest BCUT2D eigenvalue weighted by Gasteiger charge is 2.27. The number of H-pyrrole nitrogens is 1. The third kappa shape index (κ3) is 3.95. The fourth-order valence-corrected chi connectivity index (χ4v) is 4.49. The van der Waals surface area contributed by atoms with Gasteiger partial charge in [0, 0.05) is 31.1 Å². The van der Waals surface area contributed by atoms with Crippen LogP contribution in [0.25, 0.3) is 16.9 Å². The standard InChI is InChI=1S/C25H25N5O3/c1-16(31)29-13-11-17(12-14-29)21-15-27-30-23(24(26)32)22(28-25(21)30)18-7-9-20(10-8-18)33-19-5-3-2-4-6-19/h2-10,15,17,28H,11-14H2,1H3,(H2,26,32). The summed E-state index contributed by atoms with van der Waals surface area (Å²) in [6.07, 6.45) is 3.51. The molecule has 1 aliphatic heterocycles. The Labute approximate surface area is 191 Å². The highest BCUT2D eigenvalue weighted by Crippen LogP contribution is 2.34. The number of rotatable bonds is 5. The molecule has 0 bridgehead atoms. The number of hydrogen-bond acceptors (Lipinski definition) is 4. The van der Waals surface area contributed by atoms with Gasteiger partial charge in [0.15, 0.2) is 5.69 Å². The molecule has 4 aromatic rings. The maximum atomic E-state index is 12.4. The Morgan fingerprint density at radius 1 is 1.03 bits per heavy atom. The van der Waals surface area contributed by atoms with Crippen LogP contribution in [0.2, 0.25) is 0 Å². The van der Waals surface area contributed by atoms with E-state index in [9.17, 15) is 9.59 Å². The van der Waals surface area contributed by atoms with E-state index in [1.165, 1.54) is 0 Å². The highest BCUT2D eigenvalue weighted by atomic mass is 16.5. The molecule has 2 aromatic carbocycles. The lowest BCUT2D eigenvalue weighted by atomic mass is 9.91.